The molecule has 2 fully saturated rings. The Balaban J connectivity index is 1.50. The topological polar surface area (TPSA) is 101 Å². The zero-order valence-electron chi connectivity index (χ0n) is 19.4. The third kappa shape index (κ3) is 4.48. The molecule has 9 heteroatoms. The fourth-order valence-corrected chi connectivity index (χ4v) is 5.00. The van der Waals surface area contributed by atoms with Gasteiger partial charge in [0.05, 0.1) is 12.5 Å². The number of hydroxylamine groups is 1. The molecule has 1 saturated heterocycles. The van der Waals surface area contributed by atoms with Crippen LogP contribution < -0.4 is 21.1 Å². The second-order valence-electron chi connectivity index (χ2n) is 9.00. The van der Waals surface area contributed by atoms with Crippen LogP contribution in [0.3, 0.4) is 0 Å². The Labute approximate surface area is 198 Å². The Morgan fingerprint density at radius 1 is 1.06 bits per heavy atom. The van der Waals surface area contributed by atoms with E-state index in [9.17, 15) is 9.59 Å². The minimum atomic E-state index is -0.570. The van der Waals surface area contributed by atoms with Gasteiger partial charge < -0.3 is 14.8 Å². The first kappa shape index (κ1) is 22.3. The molecule has 2 aromatic heterocycles. The summed E-state index contributed by atoms with van der Waals surface area (Å²) < 4.78 is 1.98. The molecule has 0 unspecified atom stereocenters. The first-order chi connectivity index (χ1) is 16.6. The van der Waals surface area contributed by atoms with Gasteiger partial charge in [0.1, 0.15) is 11.2 Å². The second kappa shape index (κ2) is 9.80. The van der Waals surface area contributed by atoms with E-state index in [4.69, 9.17) is 9.82 Å². The number of carbonyl (C=O) groups excluding carboxylic acids is 1. The van der Waals surface area contributed by atoms with Gasteiger partial charge in [0.15, 0.2) is 0 Å². The van der Waals surface area contributed by atoms with E-state index in [1.165, 1.54) is 38.3 Å². The maximum atomic E-state index is 13.1. The van der Waals surface area contributed by atoms with Crippen molar-refractivity contribution in [3.8, 4) is 0 Å². The molecule has 3 heterocycles. The smallest absolute Gasteiger partial charge is 0.280 e. The lowest BCUT2D eigenvalue weighted by atomic mass is 9.95. The van der Waals surface area contributed by atoms with Crippen molar-refractivity contribution in [3.63, 3.8) is 0 Å². The first-order valence-corrected chi connectivity index (χ1v) is 12.0. The number of hydrogen-bond acceptors (Lipinski definition) is 7. The van der Waals surface area contributed by atoms with Crippen molar-refractivity contribution in [1.82, 2.24) is 20.0 Å². The predicted molar refractivity (Wildman–Crippen MR) is 132 cm³/mol. The van der Waals surface area contributed by atoms with Gasteiger partial charge in [-0.25, -0.2) is 10.5 Å². The highest BCUT2D eigenvalue weighted by Gasteiger charge is 2.23. The molecular formula is C25H30N6O3. The van der Waals surface area contributed by atoms with Gasteiger partial charge in [0, 0.05) is 42.9 Å². The minimum Gasteiger partial charge on any atom is -0.372 e. The summed E-state index contributed by atoms with van der Waals surface area (Å²) >= 11 is 0. The minimum absolute atomic E-state index is 0.0294. The van der Waals surface area contributed by atoms with E-state index in [1.807, 2.05) is 16.7 Å². The van der Waals surface area contributed by atoms with Crippen LogP contribution >= 0.6 is 0 Å². The summed E-state index contributed by atoms with van der Waals surface area (Å²) in [5, 5.41) is 3.59. The molecule has 1 saturated carbocycles. The number of fused-ring (bicyclic) bond motifs is 1. The number of carbonyl (C=O) groups is 1. The highest BCUT2D eigenvalue weighted by molar-refractivity contribution is 5.96. The number of aromatic nitrogens is 3. The highest BCUT2D eigenvalue weighted by Crippen LogP contribution is 2.30. The molecule has 0 bridgehead atoms. The molecule has 1 aromatic carbocycles. The maximum Gasteiger partial charge on any atom is 0.280 e. The number of nitrogens with zero attached hydrogens (tertiary/aromatic N) is 4. The lowest BCUT2D eigenvalue weighted by molar-refractivity contribution is 0.0535. The van der Waals surface area contributed by atoms with Gasteiger partial charge in [0.25, 0.3) is 5.91 Å². The Hall–Kier alpha value is -3.46. The van der Waals surface area contributed by atoms with Crippen molar-refractivity contribution >= 4 is 34.3 Å². The van der Waals surface area contributed by atoms with Crippen molar-refractivity contribution in [3.05, 3.63) is 52.4 Å². The van der Waals surface area contributed by atoms with Crippen molar-refractivity contribution in [2.75, 3.05) is 30.4 Å². The number of benzene rings is 1. The van der Waals surface area contributed by atoms with Crippen molar-refractivity contribution < 1.29 is 9.63 Å². The van der Waals surface area contributed by atoms with Gasteiger partial charge in [0.2, 0.25) is 11.4 Å². The summed E-state index contributed by atoms with van der Waals surface area (Å²) in [6.07, 6.45) is 11.0. The van der Waals surface area contributed by atoms with Gasteiger partial charge in [-0.15, -0.1) is 0 Å². The normalized spacial score (nSPS) is 16.7. The van der Waals surface area contributed by atoms with Gasteiger partial charge in [-0.1, -0.05) is 19.3 Å². The summed E-state index contributed by atoms with van der Waals surface area (Å²) in [6, 6.07) is 8.43. The van der Waals surface area contributed by atoms with E-state index in [2.05, 4.69) is 32.8 Å². The van der Waals surface area contributed by atoms with Gasteiger partial charge in [-0.3, -0.25) is 14.4 Å². The zero-order chi connectivity index (χ0) is 23.5. The fraction of sp³-hybridized carbons (Fsp3) is 0.440. The molecule has 1 aliphatic heterocycles. The molecule has 2 N–H and O–H groups in total. The zero-order valence-corrected chi connectivity index (χ0v) is 19.4. The average molecular weight is 463 g/mol. The Morgan fingerprint density at radius 2 is 1.79 bits per heavy atom. The molecule has 0 radical (unpaired) electrons. The lowest BCUT2D eigenvalue weighted by Gasteiger charge is -2.26. The molecule has 34 heavy (non-hydrogen) atoms. The van der Waals surface area contributed by atoms with E-state index in [0.717, 1.165) is 44.5 Å². The Bertz CT molecular complexity index is 1230. The summed E-state index contributed by atoms with van der Waals surface area (Å²) in [7, 11) is 1.34. The summed E-state index contributed by atoms with van der Waals surface area (Å²) in [4.78, 5) is 41.8. The highest BCUT2D eigenvalue weighted by atomic mass is 16.6. The van der Waals surface area contributed by atoms with Crippen molar-refractivity contribution in [2.45, 2.75) is 51.0 Å². The summed E-state index contributed by atoms with van der Waals surface area (Å²) in [6.45, 7) is 2.20. The van der Waals surface area contributed by atoms with Gasteiger partial charge in [-0.05, 0) is 49.9 Å². The van der Waals surface area contributed by atoms with Crippen LogP contribution in [0.15, 0.2) is 41.5 Å². The van der Waals surface area contributed by atoms with Gasteiger partial charge >= 0.3 is 0 Å². The molecule has 5 rings (SSSR count). The third-order valence-electron chi connectivity index (χ3n) is 6.77. The third-order valence-corrected chi connectivity index (χ3v) is 6.77. The van der Waals surface area contributed by atoms with Gasteiger partial charge in [-0.2, -0.15) is 4.98 Å². The largest absolute Gasteiger partial charge is 0.372 e. The van der Waals surface area contributed by atoms with Crippen molar-refractivity contribution in [2.24, 2.45) is 0 Å². The van der Waals surface area contributed by atoms with Crippen LogP contribution in [-0.4, -0.2) is 40.6 Å². The van der Waals surface area contributed by atoms with Crippen LogP contribution in [-0.2, 0) is 4.84 Å². The molecule has 0 atom stereocenters. The van der Waals surface area contributed by atoms with E-state index in [-0.39, 0.29) is 11.6 Å². The Kier molecular flexibility index (Phi) is 6.44. The molecule has 0 spiro atoms. The first-order valence-electron chi connectivity index (χ1n) is 12.0. The average Bonchev–Trinajstić information content (AvgIpc) is 3.40. The molecule has 178 valence electrons. The second-order valence-corrected chi connectivity index (χ2v) is 9.00. The number of hydrogen-bond donors (Lipinski definition) is 2. The molecule has 3 aromatic rings. The van der Waals surface area contributed by atoms with Crippen molar-refractivity contribution in [1.29, 1.82) is 0 Å². The Morgan fingerprint density at radius 3 is 2.50 bits per heavy atom. The molecule has 2 aliphatic rings. The number of rotatable bonds is 6. The van der Waals surface area contributed by atoms with Crippen LogP contribution in [0.1, 0.15) is 61.3 Å². The molecular weight excluding hydrogens is 432 g/mol. The summed E-state index contributed by atoms with van der Waals surface area (Å²) in [5.74, 6) is -0.154. The van der Waals surface area contributed by atoms with E-state index in [0.29, 0.717) is 17.0 Å². The number of nitrogens with one attached hydrogen (secondary N) is 2. The van der Waals surface area contributed by atoms with Crippen LogP contribution in [0.4, 0.5) is 17.3 Å². The van der Waals surface area contributed by atoms with E-state index >= 15 is 0 Å². The van der Waals surface area contributed by atoms with E-state index < -0.39 is 11.3 Å². The number of amides is 1. The van der Waals surface area contributed by atoms with Crippen LogP contribution in [0.5, 0.6) is 0 Å². The summed E-state index contributed by atoms with van der Waals surface area (Å²) in [5.41, 5.74) is 4.52. The van der Waals surface area contributed by atoms with Crippen LogP contribution in [0.2, 0.25) is 0 Å². The predicted octanol–water partition coefficient (Wildman–Crippen LogP) is 3.93. The number of pyridine rings is 1. The molecule has 9 nitrogen and oxygen atoms in total. The van der Waals surface area contributed by atoms with Crippen LogP contribution in [0, 0.1) is 0 Å². The van der Waals surface area contributed by atoms with E-state index in [1.54, 1.807) is 6.20 Å². The lowest BCUT2D eigenvalue weighted by Crippen LogP contribution is -2.30. The molecule has 1 amide bonds. The monoisotopic (exact) mass is 462 g/mol. The van der Waals surface area contributed by atoms with Crippen LogP contribution in [0.25, 0.3) is 11.0 Å². The quantitative estimate of drug-likeness (QED) is 0.535. The standard InChI is InChI=1S/C25H30N6O3/c1-34-29-24(33)21-16-31(19-7-3-2-4-8-19)23-20(22(21)32)15-26-25(28-23)27-17-9-11-18(12-10-17)30-13-5-6-14-30/h9-12,15-16,19H,2-8,13-14H2,1H3,(H,29,33)(H,26,27,28). The number of anilines is 3. The molecule has 1 aliphatic carbocycles. The SMILES string of the molecule is CONC(=O)c1cn(C2CCCCC2)c2nc(Nc3ccc(N4CCCC4)cc3)ncc2c1=O. The fourth-order valence-electron chi connectivity index (χ4n) is 5.00. The maximum absolute atomic E-state index is 13.1.